The molecule has 0 amide bonds. The molecule has 0 aliphatic carbocycles. The lowest BCUT2D eigenvalue weighted by Gasteiger charge is -1.63. The van der Waals surface area contributed by atoms with E-state index >= 15 is 0 Å². The number of aliphatic carboxylic acids is 1. The van der Waals surface area contributed by atoms with Crippen LogP contribution in [0.3, 0.4) is 0 Å². The van der Waals surface area contributed by atoms with Gasteiger partial charge in [-0.3, -0.25) is 0 Å². The Morgan fingerprint density at radius 2 is 1.88 bits per heavy atom. The van der Waals surface area contributed by atoms with Gasteiger partial charge in [0.15, 0.2) is 0 Å². The minimum atomic E-state index is -2.57. The number of carboxylic acid groups (broad SMARTS) is 1. The zero-order valence-electron chi connectivity index (χ0n) is 3.16. The molecule has 0 aromatic heterocycles. The molecule has 0 unspecified atom stereocenters. The first-order chi connectivity index (χ1) is 3.13. The Balaban J connectivity index is 0. The Labute approximate surface area is 48.3 Å². The molecule has 0 radical (unpaired) electrons. The minimum Gasteiger partial charge on any atom is -0.477 e. The van der Waals surface area contributed by atoms with Crippen molar-refractivity contribution < 1.29 is 18.3 Å². The van der Waals surface area contributed by atoms with Crippen LogP contribution in [-0.4, -0.2) is 24.9 Å². The van der Waals surface area contributed by atoms with E-state index in [4.69, 9.17) is 5.11 Å². The second kappa shape index (κ2) is 4.32. The van der Waals surface area contributed by atoms with Crippen LogP contribution in [0.4, 0.5) is 0 Å². The van der Waals surface area contributed by atoms with Crippen molar-refractivity contribution in [2.75, 3.05) is 0 Å². The summed E-state index contributed by atoms with van der Waals surface area (Å²) < 4.78 is 18.7. The summed E-state index contributed by atoms with van der Waals surface area (Å²) in [6.45, 7) is 0. The van der Waals surface area contributed by atoms with Crippen molar-refractivity contribution in [3.8, 4) is 0 Å². The van der Waals surface area contributed by atoms with Crippen LogP contribution in [0.5, 0.6) is 0 Å². The fourth-order valence-electron chi connectivity index (χ4n) is 0.0823. The van der Waals surface area contributed by atoms with Gasteiger partial charge in [-0.1, -0.05) is 7.43 Å². The van der Waals surface area contributed by atoms with Crippen LogP contribution >= 0.6 is 0 Å². The molecule has 0 aromatic carbocycles. The molecule has 0 bridgehead atoms. The Morgan fingerprint density at radius 1 is 1.50 bits per heavy atom. The molecule has 1 N–H and O–H groups in total. The molecule has 8 heavy (non-hydrogen) atoms. The third-order valence-corrected chi connectivity index (χ3v) is 0.591. The van der Waals surface area contributed by atoms with Crippen LogP contribution < -0.4 is 0 Å². The van der Waals surface area contributed by atoms with Gasteiger partial charge in [-0.2, -0.15) is 8.42 Å². The van der Waals surface area contributed by atoms with Crippen LogP contribution in [0.2, 0.25) is 0 Å². The van der Waals surface area contributed by atoms with Gasteiger partial charge in [-0.25, -0.2) is 4.79 Å². The molecule has 48 valence electrons. The number of hydrogen-bond donors (Lipinski definition) is 1. The number of hydrogen-bond acceptors (Lipinski definition) is 3. The first-order valence-corrected chi connectivity index (χ1v) is 2.42. The molecule has 0 fully saturated rings. The van der Waals surface area contributed by atoms with Gasteiger partial charge in [-0.15, -0.1) is 0 Å². The summed E-state index contributed by atoms with van der Waals surface area (Å²) in [6.07, 6.45) is 0. The highest BCUT2D eigenvalue weighted by atomic mass is 32.2. The first-order valence-electron chi connectivity index (χ1n) is 1.29. The predicted molar refractivity (Wildman–Crippen MR) is 29.4 cm³/mol. The summed E-state index contributed by atoms with van der Waals surface area (Å²) in [7, 11) is -2.57. The molecule has 0 heterocycles. The molecule has 0 aromatic rings. The summed E-state index contributed by atoms with van der Waals surface area (Å²) in [5.41, 5.74) is 0. The van der Waals surface area contributed by atoms with Crippen molar-refractivity contribution in [2.45, 2.75) is 7.43 Å². The first kappa shape index (κ1) is 10.2. The maximum absolute atomic E-state index is 9.37. The number of carbonyl (C=O) groups is 1. The van der Waals surface area contributed by atoms with Crippen LogP contribution in [0.1, 0.15) is 7.43 Å². The van der Waals surface area contributed by atoms with Crippen molar-refractivity contribution in [1.29, 1.82) is 0 Å². The van der Waals surface area contributed by atoms with Gasteiger partial charge in [-0.05, 0) is 0 Å². The number of carboxylic acids is 1. The van der Waals surface area contributed by atoms with Gasteiger partial charge in [0.05, 0.1) is 0 Å². The van der Waals surface area contributed by atoms with E-state index in [2.05, 4.69) is 0 Å². The minimum absolute atomic E-state index is 0. The monoisotopic (exact) mass is 138 g/mol. The van der Waals surface area contributed by atoms with Gasteiger partial charge in [0.25, 0.3) is 0 Å². The summed E-state index contributed by atoms with van der Waals surface area (Å²) in [5, 5.41) is 7.80. The van der Waals surface area contributed by atoms with Gasteiger partial charge in [0.2, 0.25) is 10.3 Å². The molecule has 0 aliphatic heterocycles. The maximum Gasteiger partial charge on any atom is 0.343 e. The van der Waals surface area contributed by atoms with E-state index in [1.165, 1.54) is 0 Å². The third-order valence-electron chi connectivity index (χ3n) is 0.197. The van der Waals surface area contributed by atoms with E-state index in [1.54, 1.807) is 0 Å². The van der Waals surface area contributed by atoms with Crippen LogP contribution in [0, 0.1) is 0 Å². The normalized spacial score (nSPS) is 6.50. The van der Waals surface area contributed by atoms with Crippen molar-refractivity contribution in [3.63, 3.8) is 0 Å². The lowest BCUT2D eigenvalue weighted by atomic mass is 10.8. The molecule has 0 aliphatic rings. The molecule has 5 heteroatoms. The van der Waals surface area contributed by atoms with Crippen LogP contribution in [-0.2, 0) is 15.1 Å². The molecule has 0 saturated carbocycles. The third kappa shape index (κ3) is 8.94. The molecule has 4 nitrogen and oxygen atoms in total. The topological polar surface area (TPSA) is 71.4 Å². The second-order valence-corrected chi connectivity index (χ2v) is 1.47. The standard InChI is InChI=1S/C2H2O4S.CH4/c3-2(4)1-7(5)6;/h1H,(H,3,4);1H4. The average molecular weight is 138 g/mol. The van der Waals surface area contributed by atoms with Crippen LogP contribution in [0.25, 0.3) is 0 Å². The second-order valence-electron chi connectivity index (χ2n) is 0.717. The largest absolute Gasteiger partial charge is 0.477 e. The van der Waals surface area contributed by atoms with E-state index in [1.807, 2.05) is 0 Å². The van der Waals surface area contributed by atoms with E-state index in [0.717, 1.165) is 0 Å². The van der Waals surface area contributed by atoms with E-state index < -0.39 is 16.3 Å². The summed E-state index contributed by atoms with van der Waals surface area (Å²) >= 11 is 0. The fraction of sp³-hybridized carbons (Fsp3) is 0.333. The predicted octanol–water partition coefficient (Wildman–Crippen LogP) is -0.612. The highest BCUT2D eigenvalue weighted by Gasteiger charge is 1.83. The van der Waals surface area contributed by atoms with Gasteiger partial charge in [0, 0.05) is 0 Å². The van der Waals surface area contributed by atoms with E-state index in [9.17, 15) is 13.2 Å². The smallest absolute Gasteiger partial charge is 0.343 e. The number of rotatable bonds is 1. The van der Waals surface area contributed by atoms with Gasteiger partial charge in [0.1, 0.15) is 5.37 Å². The van der Waals surface area contributed by atoms with Crippen molar-refractivity contribution >= 4 is 21.6 Å². The average Bonchev–Trinajstić information content (AvgIpc) is 1.27. The Bertz CT molecular complexity index is 179. The maximum atomic E-state index is 9.37. The molecule has 0 rings (SSSR count). The quantitative estimate of drug-likeness (QED) is 0.490. The van der Waals surface area contributed by atoms with Crippen molar-refractivity contribution in [3.05, 3.63) is 0 Å². The summed E-state index contributed by atoms with van der Waals surface area (Å²) in [5.74, 6) is -1.45. The lowest BCUT2D eigenvalue weighted by Crippen LogP contribution is -1.94. The molecular formula is C3H6O4S. The zero-order chi connectivity index (χ0) is 5.86. The molecule has 0 spiro atoms. The Morgan fingerprint density at radius 3 is 1.88 bits per heavy atom. The lowest BCUT2D eigenvalue weighted by molar-refractivity contribution is -0.128. The van der Waals surface area contributed by atoms with E-state index in [0.29, 0.717) is 0 Å². The molecular weight excluding hydrogens is 132 g/mol. The molecule has 0 atom stereocenters. The highest BCUT2D eigenvalue weighted by molar-refractivity contribution is 7.73. The zero-order valence-corrected chi connectivity index (χ0v) is 3.97. The Kier molecular flexibility index (Phi) is 5.51. The summed E-state index contributed by atoms with van der Waals surface area (Å²) in [6, 6.07) is 0. The SMILES string of the molecule is C.O=C(O)C=S(=O)=O. The fourth-order valence-corrected chi connectivity index (χ4v) is 0.247. The van der Waals surface area contributed by atoms with E-state index in [-0.39, 0.29) is 12.8 Å². The van der Waals surface area contributed by atoms with Crippen LogP contribution in [0.15, 0.2) is 0 Å². The van der Waals surface area contributed by atoms with Crippen molar-refractivity contribution in [2.24, 2.45) is 0 Å². The molecule has 0 saturated heterocycles. The highest BCUT2D eigenvalue weighted by Crippen LogP contribution is 1.46. The summed E-state index contributed by atoms with van der Waals surface area (Å²) in [4.78, 5) is 9.36. The van der Waals surface area contributed by atoms with Crippen molar-refractivity contribution in [1.82, 2.24) is 0 Å². The van der Waals surface area contributed by atoms with Gasteiger partial charge < -0.3 is 5.11 Å². The Hall–Kier alpha value is -0.840. The van der Waals surface area contributed by atoms with Gasteiger partial charge >= 0.3 is 5.97 Å².